The van der Waals surface area contributed by atoms with Crippen molar-refractivity contribution in [2.24, 2.45) is 0 Å². The van der Waals surface area contributed by atoms with Crippen molar-refractivity contribution in [3.05, 3.63) is 83.1 Å². The van der Waals surface area contributed by atoms with E-state index in [1.807, 2.05) is 0 Å². The minimum Gasteiger partial charge on any atom is -0.398 e. The van der Waals surface area contributed by atoms with Gasteiger partial charge in [0.1, 0.15) is 12.0 Å². The summed E-state index contributed by atoms with van der Waals surface area (Å²) < 4.78 is 106. The van der Waals surface area contributed by atoms with Gasteiger partial charge in [-0.05, 0) is 49.8 Å². The highest BCUT2D eigenvalue weighted by atomic mass is 16.2. The van der Waals surface area contributed by atoms with Crippen LogP contribution in [0.25, 0.3) is 0 Å². The van der Waals surface area contributed by atoms with Gasteiger partial charge < -0.3 is 31.9 Å². The fourth-order valence-corrected chi connectivity index (χ4v) is 3.87. The van der Waals surface area contributed by atoms with Gasteiger partial charge in [0.15, 0.2) is 0 Å². The fourth-order valence-electron chi connectivity index (χ4n) is 3.87. The van der Waals surface area contributed by atoms with Crippen molar-refractivity contribution in [1.29, 1.82) is 0 Å². The number of piperidine rings is 2. The molecule has 4 aliphatic rings. The van der Waals surface area contributed by atoms with E-state index in [0.717, 1.165) is 0 Å². The molecule has 2 atom stereocenters. The van der Waals surface area contributed by atoms with Gasteiger partial charge in [-0.15, -0.1) is 0 Å². The first-order valence-electron chi connectivity index (χ1n) is 17.6. The zero-order valence-electron chi connectivity index (χ0n) is 32.7. The molecule has 4 heterocycles. The van der Waals surface area contributed by atoms with Crippen LogP contribution in [0.3, 0.4) is 0 Å². The first-order valence-corrected chi connectivity index (χ1v) is 11.1. The number of nitrogens with zero attached hydrogens (tertiary/aromatic N) is 2. The van der Waals surface area contributed by atoms with E-state index in [-0.39, 0.29) is 40.5 Å². The number of anilines is 2. The lowest BCUT2D eigenvalue weighted by Crippen LogP contribution is -2.49. The van der Waals surface area contributed by atoms with Gasteiger partial charge in [-0.25, -0.2) is 0 Å². The summed E-state index contributed by atoms with van der Waals surface area (Å²) in [4.78, 5) is 51.0. The number of fused-ring (bicyclic) bond motifs is 2. The Balaban J connectivity index is 0.000000230. The summed E-state index contributed by atoms with van der Waals surface area (Å²) in [5.74, 6) is -4.71. The second-order valence-electron chi connectivity index (χ2n) is 8.33. The van der Waals surface area contributed by atoms with Crippen LogP contribution in [0.1, 0.15) is 82.7 Å². The van der Waals surface area contributed by atoms with Crippen molar-refractivity contribution >= 4 is 35.0 Å². The van der Waals surface area contributed by atoms with Crippen molar-refractivity contribution in [3.8, 4) is 0 Å². The molecule has 39 heavy (non-hydrogen) atoms. The molecule has 6 rings (SSSR count). The lowest BCUT2D eigenvalue weighted by molar-refractivity contribution is -0.127. The van der Waals surface area contributed by atoms with Crippen molar-refractivity contribution in [3.63, 3.8) is 0 Å². The van der Waals surface area contributed by atoms with E-state index in [4.69, 9.17) is 29.3 Å². The molecule has 4 amide bonds. The quantitative estimate of drug-likeness (QED) is 0.428. The first kappa shape index (κ1) is 15.1. The smallest absolute Gasteiger partial charge is 0.255 e. The number of nitrogen functional groups attached to an aromatic ring is 2. The summed E-state index contributed by atoms with van der Waals surface area (Å²) in [6.07, 6.45) is -6.18. The summed E-state index contributed by atoms with van der Waals surface area (Å²) >= 11 is 0. The average molecular weight is 544 g/mol. The predicted octanol–water partition coefficient (Wildman–Crippen LogP) is 2.67. The lowest BCUT2D eigenvalue weighted by atomic mass is 10.0. The second-order valence-corrected chi connectivity index (χ2v) is 8.33. The molecule has 2 aromatic carbocycles. The number of carbonyl (C=O) groups excluding carboxylic acids is 4. The third-order valence-electron chi connectivity index (χ3n) is 5.69. The number of nitrogens with two attached hydrogens (primary N) is 2. The van der Waals surface area contributed by atoms with E-state index in [1.54, 1.807) is 0 Å². The molecule has 10 nitrogen and oxygen atoms in total. The Bertz CT molecular complexity index is 2010. The number of rotatable bonds is 2. The summed E-state index contributed by atoms with van der Waals surface area (Å²) in [6.45, 7) is 1.37. The molecule has 10 heteroatoms. The van der Waals surface area contributed by atoms with E-state index >= 15 is 0 Å². The summed E-state index contributed by atoms with van der Waals surface area (Å²) in [7, 11) is 0. The highest BCUT2D eigenvalue weighted by Crippen LogP contribution is 2.32. The van der Waals surface area contributed by atoms with Crippen LogP contribution in [-0.2, 0) is 22.6 Å². The highest BCUT2D eigenvalue weighted by molar-refractivity contribution is 6.03. The van der Waals surface area contributed by atoms with E-state index in [1.165, 1.54) is 18.2 Å². The largest absolute Gasteiger partial charge is 0.398 e. The minimum atomic E-state index is -3.03. The van der Waals surface area contributed by atoms with E-state index in [0.29, 0.717) is 4.90 Å². The summed E-state index contributed by atoms with van der Waals surface area (Å²) in [5.41, 5.74) is 9.46. The molecule has 0 saturated carbocycles. The zero-order valence-corrected chi connectivity index (χ0v) is 19.7. The Hall–Kier alpha value is -4.60. The SMILES string of the molecule is C.[2H]C1([2H])c2c(N)cccc2C(=O)N1[C@]1([2H])C(=O)NC(=C)CC1([2H])[2H].[2H]c1c([2H])c(N)c2c(c1[2H])C(=O)N(C1([2H])C(=O)NC(=C)CC1([2H])[2H])C2([2H])[2H]. The molecule has 2 aromatic rings. The summed E-state index contributed by atoms with van der Waals surface area (Å²) in [6, 6.07) is -3.78. The molecule has 2 fully saturated rings. The average Bonchev–Trinajstić information content (AvgIpc) is 3.33. The molecule has 0 aliphatic carbocycles. The standard InChI is InChI=1S/2C14H15N3O2.CH4/c2*1-8-5-6-12(13(18)16-8)17-7-10-9(14(17)19)3-2-4-11(10)15;/h2*2-4,12H,1,5-7,15H2,(H,16,18);1H4/t12-;;/m0../s1/i6D2,7D2,12D;2D,3D,4D,6D2,7D2,12D;. The van der Waals surface area contributed by atoms with Crippen LogP contribution < -0.4 is 22.1 Å². The molecule has 0 aromatic heterocycles. The number of benzene rings is 2. The molecule has 4 aliphatic heterocycles. The van der Waals surface area contributed by atoms with Crippen LogP contribution in [0.5, 0.6) is 0 Å². The number of hydrogen-bond donors (Lipinski definition) is 4. The molecule has 0 radical (unpaired) electrons. The Labute approximate surface area is 246 Å². The maximum absolute atomic E-state index is 12.9. The van der Waals surface area contributed by atoms with Crippen molar-refractivity contribution in [2.75, 3.05) is 11.5 Å². The van der Waals surface area contributed by atoms with Crippen molar-refractivity contribution in [1.82, 2.24) is 20.4 Å². The maximum Gasteiger partial charge on any atom is 0.255 e. The van der Waals surface area contributed by atoms with Crippen LogP contribution in [0, 0.1) is 0 Å². The van der Waals surface area contributed by atoms with Crippen LogP contribution in [0.2, 0.25) is 0 Å². The highest BCUT2D eigenvalue weighted by Gasteiger charge is 2.39. The lowest BCUT2D eigenvalue weighted by Gasteiger charge is -2.30. The number of carbonyl (C=O) groups is 4. The molecule has 0 bridgehead atoms. The first-order chi connectivity index (χ1) is 23.1. The van der Waals surface area contributed by atoms with Gasteiger partial charge in [-0.1, -0.05) is 32.7 Å². The van der Waals surface area contributed by atoms with Gasteiger partial charge in [0.05, 0.1) is 12.3 Å². The zero-order chi connectivity index (χ0) is 38.8. The van der Waals surface area contributed by atoms with Gasteiger partial charge >= 0.3 is 0 Å². The normalized spacial score (nSPS) is 35.6. The fraction of sp³-hybridized carbons (Fsp3) is 0.310. The minimum absolute atomic E-state index is 0. The van der Waals surface area contributed by atoms with E-state index < -0.39 is 109 Å². The molecule has 0 spiro atoms. The third kappa shape index (κ3) is 4.97. The van der Waals surface area contributed by atoms with E-state index in [9.17, 15) is 19.2 Å². The van der Waals surface area contributed by atoms with Crippen LogP contribution in [0.4, 0.5) is 11.4 Å². The molecule has 2 saturated heterocycles. The predicted molar refractivity (Wildman–Crippen MR) is 149 cm³/mol. The number of nitrogens with one attached hydrogen (secondary N) is 2. The Morgan fingerprint density at radius 3 is 1.87 bits per heavy atom. The second kappa shape index (κ2) is 10.6. The van der Waals surface area contributed by atoms with Crippen LogP contribution in [0.15, 0.2) is 60.9 Å². The van der Waals surface area contributed by atoms with Gasteiger partial charge in [-0.2, -0.15) is 0 Å². The third-order valence-corrected chi connectivity index (χ3v) is 5.69. The van der Waals surface area contributed by atoms with Gasteiger partial charge in [0.25, 0.3) is 11.8 Å². The molecular formula is C29H34N6O4. The van der Waals surface area contributed by atoms with Crippen molar-refractivity contribution in [2.45, 2.75) is 58.0 Å². The number of amides is 4. The Morgan fingerprint density at radius 2 is 1.36 bits per heavy atom. The Morgan fingerprint density at radius 1 is 0.846 bits per heavy atom. The number of allylic oxidation sites excluding steroid dienone is 2. The topological polar surface area (TPSA) is 151 Å². The molecule has 6 N–H and O–H groups in total. The van der Waals surface area contributed by atoms with Crippen molar-refractivity contribution < 1.29 is 37.0 Å². The van der Waals surface area contributed by atoms with E-state index in [2.05, 4.69) is 23.8 Å². The van der Waals surface area contributed by atoms with Gasteiger partial charge in [0.2, 0.25) is 11.8 Å². The van der Waals surface area contributed by atoms with Gasteiger partial charge in [0, 0.05) is 63.5 Å². The molecule has 204 valence electrons. The van der Waals surface area contributed by atoms with Crippen LogP contribution in [-0.4, -0.2) is 45.5 Å². The Kier molecular flexibility index (Phi) is 4.12. The summed E-state index contributed by atoms with van der Waals surface area (Å²) in [5, 5.41) is 4.42. The monoisotopic (exact) mass is 543 g/mol. The molecule has 1 unspecified atom stereocenters. The molecular weight excluding hydrogens is 496 g/mol. The number of hydrogen-bond acceptors (Lipinski definition) is 6. The van der Waals surface area contributed by atoms with Crippen LogP contribution >= 0.6 is 0 Å². The maximum atomic E-state index is 12.9. The van der Waals surface area contributed by atoms with Gasteiger partial charge in [-0.3, -0.25) is 19.2 Å².